The molecular formula is C31H42HfSi. The number of benzene rings is 2. The van der Waals surface area contributed by atoms with Crippen molar-refractivity contribution in [3.63, 3.8) is 0 Å². The molecule has 0 saturated carbocycles. The van der Waals surface area contributed by atoms with E-state index in [-0.39, 0.29) is 0 Å². The summed E-state index contributed by atoms with van der Waals surface area (Å²) in [6.45, 7) is 16.7. The molecule has 0 N–H and O–H groups in total. The van der Waals surface area contributed by atoms with Crippen molar-refractivity contribution in [1.82, 2.24) is 0 Å². The molecule has 33 heavy (non-hydrogen) atoms. The number of unbranched alkanes of at least 4 members (excludes halogenated alkanes) is 2. The van der Waals surface area contributed by atoms with E-state index in [1.54, 1.807) is 44.5 Å². The van der Waals surface area contributed by atoms with E-state index >= 15 is 0 Å². The maximum atomic E-state index is 2.59. The Morgan fingerprint density at radius 2 is 1.24 bits per heavy atom. The topological polar surface area (TPSA) is 0 Å². The summed E-state index contributed by atoms with van der Waals surface area (Å²) in [4.78, 5) is 0. The first-order valence-corrected chi connectivity index (χ1v) is 24.9. The number of fused-ring (bicyclic) bond motifs is 2. The van der Waals surface area contributed by atoms with Gasteiger partial charge in [0.05, 0.1) is 0 Å². The van der Waals surface area contributed by atoms with Crippen LogP contribution in [0.4, 0.5) is 0 Å². The van der Waals surface area contributed by atoms with Crippen LogP contribution in [-0.2, 0) is 20.1 Å². The fourth-order valence-electron chi connectivity index (χ4n) is 6.11. The van der Waals surface area contributed by atoms with Crippen molar-refractivity contribution >= 4 is 18.4 Å². The molecule has 0 nitrogen and oxygen atoms in total. The number of hydrogen-bond donors (Lipinski definition) is 0. The predicted molar refractivity (Wildman–Crippen MR) is 145 cm³/mol. The summed E-state index contributed by atoms with van der Waals surface area (Å²) < 4.78 is 1.56. The van der Waals surface area contributed by atoms with Crippen LogP contribution in [0.1, 0.15) is 120 Å². The van der Waals surface area contributed by atoms with E-state index in [4.69, 9.17) is 0 Å². The van der Waals surface area contributed by atoms with E-state index in [2.05, 4.69) is 97.0 Å². The van der Waals surface area contributed by atoms with Gasteiger partial charge in [0, 0.05) is 0 Å². The molecule has 0 amide bonds. The number of allylic oxidation sites excluding steroid dienone is 2. The molecule has 0 bridgehead atoms. The number of hydrogen-bond acceptors (Lipinski definition) is 0. The molecule has 4 rings (SSSR count). The molecular weight excluding hydrogens is 579 g/mol. The zero-order valence-corrected chi connectivity index (χ0v) is 26.6. The van der Waals surface area contributed by atoms with Gasteiger partial charge in [0.15, 0.2) is 0 Å². The van der Waals surface area contributed by atoms with Crippen LogP contribution in [0, 0.1) is 0 Å². The zero-order chi connectivity index (χ0) is 23.7. The molecule has 2 heteroatoms. The third-order valence-electron chi connectivity index (χ3n) is 7.72. The molecule has 2 unspecified atom stereocenters. The minimum atomic E-state index is -2.11. The van der Waals surface area contributed by atoms with Crippen molar-refractivity contribution in [3.8, 4) is 0 Å². The Kier molecular flexibility index (Phi) is 8.17. The van der Waals surface area contributed by atoms with Crippen molar-refractivity contribution in [2.75, 3.05) is 0 Å². The summed E-state index contributed by atoms with van der Waals surface area (Å²) in [5, 5.41) is 0. The van der Waals surface area contributed by atoms with Crippen LogP contribution < -0.4 is 0 Å². The molecule has 2 aliphatic rings. The van der Waals surface area contributed by atoms with Crippen LogP contribution in [-0.4, -0.2) is 6.22 Å². The molecule has 2 aromatic carbocycles. The van der Waals surface area contributed by atoms with Gasteiger partial charge in [0.2, 0.25) is 0 Å². The van der Waals surface area contributed by atoms with Gasteiger partial charge >= 0.3 is 212 Å². The Bertz CT molecular complexity index is 1030. The van der Waals surface area contributed by atoms with E-state index in [0.717, 1.165) is 7.35 Å². The van der Waals surface area contributed by atoms with Gasteiger partial charge in [-0.15, -0.1) is 0 Å². The summed E-state index contributed by atoms with van der Waals surface area (Å²) in [7, 11) is 0. The minimum absolute atomic E-state index is 0.591. The molecule has 0 fully saturated rings. The predicted octanol–water partition coefficient (Wildman–Crippen LogP) is 9.13. The third-order valence-corrected chi connectivity index (χ3v) is 32.8. The molecule has 0 heterocycles. The van der Waals surface area contributed by atoms with Crippen molar-refractivity contribution in [2.45, 2.75) is 93.0 Å². The maximum absolute atomic E-state index is 2.59. The van der Waals surface area contributed by atoms with E-state index in [1.165, 1.54) is 25.3 Å². The summed E-state index contributed by atoms with van der Waals surface area (Å²) in [6, 6.07) is 16.0. The normalized spacial score (nSPS) is 18.9. The van der Waals surface area contributed by atoms with E-state index in [9.17, 15) is 0 Å². The van der Waals surface area contributed by atoms with Gasteiger partial charge in [-0.25, -0.2) is 0 Å². The SMILES string of the molecule is CCCCC[SiH]=[Hf]([CH]1C(C)=Cc2c(C(C)C)cccc21)[CH]1C(C)=Cc2c(C(C)C)cccc21. The first kappa shape index (κ1) is 25.1. The Morgan fingerprint density at radius 3 is 1.67 bits per heavy atom. The van der Waals surface area contributed by atoms with Crippen molar-refractivity contribution in [2.24, 2.45) is 0 Å². The summed E-state index contributed by atoms with van der Waals surface area (Å²) in [5.74, 6) is 1.19. The Hall–Kier alpha value is -0.993. The summed E-state index contributed by atoms with van der Waals surface area (Å²) >= 11 is -2.11. The Labute approximate surface area is 211 Å². The van der Waals surface area contributed by atoms with Crippen molar-refractivity contribution in [1.29, 1.82) is 0 Å². The average molecular weight is 621 g/mol. The van der Waals surface area contributed by atoms with Gasteiger partial charge in [-0.2, -0.15) is 0 Å². The first-order chi connectivity index (χ1) is 15.8. The fraction of sp³-hybridized carbons (Fsp3) is 0.484. The molecule has 0 radical (unpaired) electrons. The quantitative estimate of drug-likeness (QED) is 0.204. The Balaban J connectivity index is 1.84. The molecule has 0 aromatic heterocycles. The molecule has 0 spiro atoms. The third kappa shape index (κ3) is 4.89. The van der Waals surface area contributed by atoms with E-state index in [0.29, 0.717) is 18.1 Å². The molecule has 2 atom stereocenters. The molecule has 174 valence electrons. The van der Waals surface area contributed by atoms with Crippen LogP contribution >= 0.6 is 0 Å². The summed E-state index contributed by atoms with van der Waals surface area (Å²) in [6.07, 6.45) is 9.96. The van der Waals surface area contributed by atoms with Crippen LogP contribution in [0.15, 0.2) is 47.5 Å². The van der Waals surface area contributed by atoms with Crippen LogP contribution in [0.2, 0.25) is 6.04 Å². The fourth-order valence-corrected chi connectivity index (χ4v) is 35.5. The van der Waals surface area contributed by atoms with Gasteiger partial charge in [0.25, 0.3) is 0 Å². The second-order valence-electron chi connectivity index (χ2n) is 10.9. The second kappa shape index (κ2) is 10.7. The van der Waals surface area contributed by atoms with Gasteiger partial charge in [0.1, 0.15) is 0 Å². The monoisotopic (exact) mass is 622 g/mol. The van der Waals surface area contributed by atoms with Crippen molar-refractivity contribution in [3.05, 3.63) is 80.9 Å². The average Bonchev–Trinajstić information content (AvgIpc) is 3.29. The summed E-state index contributed by atoms with van der Waals surface area (Å²) in [5.41, 5.74) is 13.1. The van der Waals surface area contributed by atoms with Crippen LogP contribution in [0.25, 0.3) is 12.2 Å². The Morgan fingerprint density at radius 1 is 0.758 bits per heavy atom. The van der Waals surface area contributed by atoms with E-state index in [1.807, 2.05) is 0 Å². The van der Waals surface area contributed by atoms with Crippen molar-refractivity contribution < 1.29 is 20.1 Å². The molecule has 2 aliphatic carbocycles. The molecule has 0 saturated heterocycles. The zero-order valence-electron chi connectivity index (χ0n) is 21.8. The van der Waals surface area contributed by atoms with Gasteiger partial charge in [-0.3, -0.25) is 0 Å². The number of rotatable bonds is 8. The first-order valence-electron chi connectivity index (χ1n) is 13.2. The van der Waals surface area contributed by atoms with Crippen LogP contribution in [0.3, 0.4) is 0 Å². The van der Waals surface area contributed by atoms with Crippen LogP contribution in [0.5, 0.6) is 0 Å². The molecule has 0 aliphatic heterocycles. The van der Waals surface area contributed by atoms with Gasteiger partial charge in [-0.1, -0.05) is 0 Å². The van der Waals surface area contributed by atoms with E-state index < -0.39 is 20.1 Å². The van der Waals surface area contributed by atoms with Gasteiger partial charge in [-0.05, 0) is 0 Å². The van der Waals surface area contributed by atoms with Gasteiger partial charge < -0.3 is 0 Å². The standard InChI is InChI=1S/2C13H15.C5H12Si.Hf/c2*1-9(2)12-6-4-5-11-7-10(3)8-13(11)12;1-2-3-4-5-6;/h2*4-9H,1-3H3;6H,2-5H2,1H3;. The molecule has 2 aromatic rings. The second-order valence-corrected chi connectivity index (χ2v) is 29.4.